The SMILES string of the molecule is O=C([O-])C1N=C(c2ccccc2)c2cc(Cl)ccc2NC1(O)O.[K+].[K+]. The van der Waals surface area contributed by atoms with E-state index in [0.717, 1.165) is 0 Å². The fourth-order valence-electron chi connectivity index (χ4n) is 2.42. The van der Waals surface area contributed by atoms with E-state index in [1.54, 1.807) is 42.5 Å². The average molecular weight is 410 g/mol. The van der Waals surface area contributed by atoms with Crippen LogP contribution in [0.15, 0.2) is 53.5 Å². The van der Waals surface area contributed by atoms with E-state index in [1.807, 2.05) is 0 Å². The minimum absolute atomic E-state index is 0. The Morgan fingerprint density at radius 3 is 2.40 bits per heavy atom. The monoisotopic (exact) mass is 409 g/mol. The zero-order chi connectivity index (χ0) is 16.6. The summed E-state index contributed by atoms with van der Waals surface area (Å²) in [4.78, 5) is 15.3. The van der Waals surface area contributed by atoms with Crippen molar-refractivity contribution in [2.45, 2.75) is 12.0 Å². The number of anilines is 1. The molecule has 0 aromatic heterocycles. The van der Waals surface area contributed by atoms with Crippen LogP contribution in [0.4, 0.5) is 5.69 Å². The first kappa shape index (κ1) is 23.9. The first-order chi connectivity index (χ1) is 10.9. The van der Waals surface area contributed by atoms with Gasteiger partial charge in [-0.05, 0) is 18.2 Å². The van der Waals surface area contributed by atoms with E-state index < -0.39 is 17.9 Å². The minimum atomic E-state index is -2.79. The number of carbonyl (C=O) groups excluding carboxylic acids is 1. The molecule has 2 aromatic rings. The van der Waals surface area contributed by atoms with Crippen LogP contribution in [0.1, 0.15) is 11.1 Å². The Kier molecular flexibility index (Phi) is 9.44. The Morgan fingerprint density at radius 1 is 1.16 bits per heavy atom. The predicted molar refractivity (Wildman–Crippen MR) is 83.1 cm³/mol. The number of rotatable bonds is 2. The number of halogens is 1. The molecule has 0 bridgehead atoms. The fourth-order valence-corrected chi connectivity index (χ4v) is 2.59. The Hall–Kier alpha value is 0.863. The number of nitrogens with one attached hydrogen (secondary N) is 1. The second-order valence-electron chi connectivity index (χ2n) is 5.11. The molecule has 25 heavy (non-hydrogen) atoms. The number of nitrogens with zero attached hydrogens (tertiary/aromatic N) is 1. The first-order valence-corrected chi connectivity index (χ1v) is 7.13. The third-order valence-electron chi connectivity index (χ3n) is 3.47. The van der Waals surface area contributed by atoms with E-state index in [1.165, 1.54) is 6.07 Å². The van der Waals surface area contributed by atoms with Crippen molar-refractivity contribution in [1.82, 2.24) is 0 Å². The molecule has 3 N–H and O–H groups in total. The molecule has 0 spiro atoms. The fraction of sp³-hybridized carbons (Fsp3) is 0.125. The van der Waals surface area contributed by atoms with Gasteiger partial charge in [0.25, 0.3) is 5.91 Å². The number of carbonyl (C=O) groups is 1. The van der Waals surface area contributed by atoms with Gasteiger partial charge in [-0.15, -0.1) is 0 Å². The summed E-state index contributed by atoms with van der Waals surface area (Å²) in [6, 6.07) is 11.5. The summed E-state index contributed by atoms with van der Waals surface area (Å²) in [7, 11) is 0. The maximum Gasteiger partial charge on any atom is 1.00 e. The molecular weight excluding hydrogens is 398 g/mol. The summed E-state index contributed by atoms with van der Waals surface area (Å²) in [6.45, 7) is 0. The van der Waals surface area contributed by atoms with Crippen LogP contribution in [-0.2, 0) is 4.79 Å². The van der Waals surface area contributed by atoms with Crippen LogP contribution in [0, 0.1) is 0 Å². The molecule has 2 aromatic carbocycles. The van der Waals surface area contributed by atoms with Crippen LogP contribution >= 0.6 is 11.6 Å². The van der Waals surface area contributed by atoms with Crippen LogP contribution in [-0.4, -0.2) is 33.8 Å². The van der Waals surface area contributed by atoms with Crippen molar-refractivity contribution in [1.29, 1.82) is 0 Å². The van der Waals surface area contributed by atoms with Crippen LogP contribution in [0.3, 0.4) is 0 Å². The Bertz CT molecular complexity index is 800. The van der Waals surface area contributed by atoms with Gasteiger partial charge in [-0.1, -0.05) is 41.9 Å². The van der Waals surface area contributed by atoms with Crippen molar-refractivity contribution in [2.24, 2.45) is 4.99 Å². The second kappa shape index (κ2) is 9.88. The van der Waals surface area contributed by atoms with Crippen LogP contribution in [0.2, 0.25) is 5.02 Å². The second-order valence-corrected chi connectivity index (χ2v) is 5.54. The number of aliphatic carboxylic acids is 1. The molecule has 0 amide bonds. The number of aliphatic imine (C=N–C) groups is 1. The van der Waals surface area contributed by atoms with Gasteiger partial charge >= 0.3 is 103 Å². The summed E-state index contributed by atoms with van der Waals surface area (Å²) in [5.74, 6) is -4.51. The van der Waals surface area contributed by atoms with Crippen molar-refractivity contribution in [3.8, 4) is 0 Å². The molecule has 1 aliphatic heterocycles. The van der Waals surface area contributed by atoms with Gasteiger partial charge in [0.05, 0.1) is 11.7 Å². The van der Waals surface area contributed by atoms with Gasteiger partial charge in [-0.2, -0.15) is 0 Å². The first-order valence-electron chi connectivity index (χ1n) is 6.75. The van der Waals surface area contributed by atoms with Crippen LogP contribution < -0.4 is 113 Å². The Labute approximate surface area is 234 Å². The van der Waals surface area contributed by atoms with E-state index in [-0.39, 0.29) is 108 Å². The van der Waals surface area contributed by atoms with E-state index >= 15 is 0 Å². The molecule has 0 saturated heterocycles. The molecule has 1 heterocycles. The van der Waals surface area contributed by atoms with Gasteiger partial charge < -0.3 is 25.4 Å². The predicted octanol–water partition coefficient (Wildman–Crippen LogP) is -5.63. The van der Waals surface area contributed by atoms with Crippen LogP contribution in [0.25, 0.3) is 0 Å². The molecule has 6 nitrogen and oxygen atoms in total. The molecule has 9 heteroatoms. The summed E-state index contributed by atoms with van der Waals surface area (Å²) in [5.41, 5.74) is 1.64. The summed E-state index contributed by atoms with van der Waals surface area (Å²) < 4.78 is 0. The summed E-state index contributed by atoms with van der Waals surface area (Å²) >= 11 is 6.02. The van der Waals surface area contributed by atoms with Crippen molar-refractivity contribution >= 4 is 29.0 Å². The standard InChI is InChI=1S/C16H13ClN2O4.2K/c17-10-6-7-12-11(8-10)13(9-4-2-1-3-5-9)18-14(15(20)21)16(22,23)19-12;;/h1-8,14,19,22-23H,(H,20,21);;/q;2*+1/p-1. The van der Waals surface area contributed by atoms with E-state index in [9.17, 15) is 20.1 Å². The normalized spacial score (nSPS) is 17.6. The summed E-state index contributed by atoms with van der Waals surface area (Å²) in [6.07, 6.45) is 0. The van der Waals surface area contributed by atoms with Gasteiger partial charge in [-0.25, -0.2) is 0 Å². The molecule has 0 aliphatic carbocycles. The van der Waals surface area contributed by atoms with Gasteiger partial charge in [0.1, 0.15) is 0 Å². The Morgan fingerprint density at radius 2 is 1.80 bits per heavy atom. The maximum atomic E-state index is 11.3. The largest absolute Gasteiger partial charge is 1.00 e. The van der Waals surface area contributed by atoms with E-state index in [0.29, 0.717) is 21.8 Å². The number of aliphatic hydroxyl groups is 2. The molecule has 118 valence electrons. The van der Waals surface area contributed by atoms with Crippen molar-refractivity contribution < 1.29 is 123 Å². The molecule has 0 radical (unpaired) electrons. The number of carboxylic acid groups (broad SMARTS) is 1. The Balaban J connectivity index is 0.00000156. The molecule has 1 unspecified atom stereocenters. The van der Waals surface area contributed by atoms with Crippen molar-refractivity contribution in [3.63, 3.8) is 0 Å². The zero-order valence-corrected chi connectivity index (χ0v) is 20.7. The average Bonchev–Trinajstić information content (AvgIpc) is 2.61. The molecule has 0 fully saturated rings. The third kappa shape index (κ3) is 5.44. The maximum absolute atomic E-state index is 11.3. The minimum Gasteiger partial charge on any atom is -0.547 e. The van der Waals surface area contributed by atoms with E-state index in [2.05, 4.69) is 10.3 Å². The number of fused-ring (bicyclic) bond motifs is 1. The van der Waals surface area contributed by atoms with Crippen LogP contribution in [0.5, 0.6) is 0 Å². The molecule has 1 aliphatic rings. The van der Waals surface area contributed by atoms with Gasteiger partial charge in [0.2, 0.25) is 0 Å². The number of hydrogen-bond acceptors (Lipinski definition) is 6. The quantitative estimate of drug-likeness (QED) is 0.339. The third-order valence-corrected chi connectivity index (χ3v) is 3.70. The van der Waals surface area contributed by atoms with Gasteiger partial charge in [-0.3, -0.25) is 4.99 Å². The zero-order valence-electron chi connectivity index (χ0n) is 13.7. The number of carboxylic acids is 1. The molecule has 3 rings (SSSR count). The van der Waals surface area contributed by atoms with E-state index in [4.69, 9.17) is 11.6 Å². The number of benzodiazepines with no additional fused rings is 1. The number of benzene rings is 2. The summed E-state index contributed by atoms with van der Waals surface area (Å²) in [5, 5.41) is 34.2. The smallest absolute Gasteiger partial charge is 0.547 e. The van der Waals surface area contributed by atoms with Gasteiger partial charge in [0.15, 0.2) is 6.04 Å². The molecule has 1 atom stereocenters. The van der Waals surface area contributed by atoms with Crippen molar-refractivity contribution in [2.75, 3.05) is 5.32 Å². The van der Waals surface area contributed by atoms with Gasteiger partial charge in [0, 0.05) is 21.8 Å². The molecular formula is C16H12ClK2N2O4+. The number of hydrogen-bond donors (Lipinski definition) is 3. The topological polar surface area (TPSA) is 105 Å². The van der Waals surface area contributed by atoms with Crippen molar-refractivity contribution in [3.05, 3.63) is 64.7 Å². The molecule has 0 saturated carbocycles.